The second kappa shape index (κ2) is 7.26. The van der Waals surface area contributed by atoms with E-state index in [0.29, 0.717) is 12.1 Å². The summed E-state index contributed by atoms with van der Waals surface area (Å²) in [4.78, 5) is 12.3. The van der Waals surface area contributed by atoms with Crippen LogP contribution in [-0.4, -0.2) is 27.9 Å². The molecule has 2 N–H and O–H groups in total. The number of carbonyl (C=O) groups is 1. The van der Waals surface area contributed by atoms with Crippen LogP contribution >= 0.6 is 0 Å². The van der Waals surface area contributed by atoms with Crippen LogP contribution in [0.3, 0.4) is 0 Å². The van der Waals surface area contributed by atoms with Crippen molar-refractivity contribution in [3.63, 3.8) is 0 Å². The molecule has 0 aliphatic rings. The molecule has 0 saturated carbocycles. The van der Waals surface area contributed by atoms with Gasteiger partial charge in [-0.15, -0.1) is 0 Å². The standard InChI is InChI=1S/C16H19N3O3S/c1-3-17-23(21,22)15-11-9-13(10-12-15)16(20)18-19(2)14-7-5-4-6-8-14/h4-12,17H,3H2,1-2H3,(H,18,20). The highest BCUT2D eigenvalue weighted by Gasteiger charge is 2.14. The molecule has 0 aliphatic heterocycles. The van der Waals surface area contributed by atoms with Gasteiger partial charge in [0.15, 0.2) is 0 Å². The molecular weight excluding hydrogens is 314 g/mol. The molecule has 0 heterocycles. The minimum absolute atomic E-state index is 0.132. The molecule has 23 heavy (non-hydrogen) atoms. The molecule has 2 aromatic carbocycles. The van der Waals surface area contributed by atoms with Crippen molar-refractivity contribution in [1.29, 1.82) is 0 Å². The van der Waals surface area contributed by atoms with Gasteiger partial charge in [0.1, 0.15) is 0 Å². The number of amides is 1. The van der Waals surface area contributed by atoms with E-state index in [1.165, 1.54) is 24.3 Å². The Morgan fingerprint density at radius 1 is 1.04 bits per heavy atom. The van der Waals surface area contributed by atoms with Gasteiger partial charge in [0.2, 0.25) is 10.0 Å². The number of anilines is 1. The Morgan fingerprint density at radius 2 is 1.65 bits per heavy atom. The largest absolute Gasteiger partial charge is 0.288 e. The van der Waals surface area contributed by atoms with E-state index in [-0.39, 0.29) is 10.8 Å². The predicted molar refractivity (Wildman–Crippen MR) is 89.6 cm³/mol. The van der Waals surface area contributed by atoms with Gasteiger partial charge in [-0.05, 0) is 36.4 Å². The Hall–Kier alpha value is -2.38. The molecular formula is C16H19N3O3S. The molecule has 6 nitrogen and oxygen atoms in total. The molecule has 1 amide bonds. The first-order valence-corrected chi connectivity index (χ1v) is 8.62. The highest BCUT2D eigenvalue weighted by Crippen LogP contribution is 2.12. The van der Waals surface area contributed by atoms with Crippen molar-refractivity contribution >= 4 is 21.6 Å². The van der Waals surface area contributed by atoms with Crippen LogP contribution in [0, 0.1) is 0 Å². The smallest absolute Gasteiger partial charge is 0.269 e. The van der Waals surface area contributed by atoms with Gasteiger partial charge in [-0.2, -0.15) is 0 Å². The zero-order valence-electron chi connectivity index (χ0n) is 13.0. The fourth-order valence-corrected chi connectivity index (χ4v) is 3.03. The van der Waals surface area contributed by atoms with Gasteiger partial charge < -0.3 is 0 Å². The average Bonchev–Trinajstić information content (AvgIpc) is 2.55. The number of hydrogen-bond donors (Lipinski definition) is 2. The Bertz CT molecular complexity index is 759. The maximum atomic E-state index is 12.2. The topological polar surface area (TPSA) is 78.5 Å². The minimum Gasteiger partial charge on any atom is -0.288 e. The molecule has 2 rings (SSSR count). The van der Waals surface area contributed by atoms with E-state index in [9.17, 15) is 13.2 Å². The van der Waals surface area contributed by atoms with Gasteiger partial charge in [-0.3, -0.25) is 15.2 Å². The molecule has 0 saturated heterocycles. The zero-order valence-corrected chi connectivity index (χ0v) is 13.8. The SMILES string of the molecule is CCNS(=O)(=O)c1ccc(C(=O)NN(C)c2ccccc2)cc1. The molecule has 0 bridgehead atoms. The van der Waals surface area contributed by atoms with Gasteiger partial charge in [0.25, 0.3) is 5.91 Å². The first kappa shape index (κ1) is 17.0. The summed E-state index contributed by atoms with van der Waals surface area (Å²) in [6.07, 6.45) is 0. The van der Waals surface area contributed by atoms with Crippen LogP contribution < -0.4 is 15.2 Å². The third-order valence-electron chi connectivity index (χ3n) is 3.17. The number of hydrazine groups is 1. The van der Waals surface area contributed by atoms with Crippen molar-refractivity contribution in [2.75, 3.05) is 18.6 Å². The van der Waals surface area contributed by atoms with Gasteiger partial charge in [0.05, 0.1) is 10.6 Å². The van der Waals surface area contributed by atoms with Crippen LogP contribution in [0.4, 0.5) is 5.69 Å². The second-order valence-electron chi connectivity index (χ2n) is 4.86. The highest BCUT2D eigenvalue weighted by atomic mass is 32.2. The van der Waals surface area contributed by atoms with Gasteiger partial charge >= 0.3 is 0 Å². The van der Waals surface area contributed by atoms with Crippen molar-refractivity contribution < 1.29 is 13.2 Å². The van der Waals surface area contributed by atoms with Crippen molar-refractivity contribution in [3.05, 3.63) is 60.2 Å². The minimum atomic E-state index is -3.51. The van der Waals surface area contributed by atoms with Crippen LogP contribution in [0.5, 0.6) is 0 Å². The third-order valence-corrected chi connectivity index (χ3v) is 4.74. The quantitative estimate of drug-likeness (QED) is 0.790. The lowest BCUT2D eigenvalue weighted by Gasteiger charge is -2.20. The molecule has 0 aliphatic carbocycles. The summed E-state index contributed by atoms with van der Waals surface area (Å²) in [7, 11) is -1.78. The van der Waals surface area contributed by atoms with E-state index in [1.54, 1.807) is 19.0 Å². The summed E-state index contributed by atoms with van der Waals surface area (Å²) >= 11 is 0. The molecule has 0 radical (unpaired) electrons. The molecule has 0 aromatic heterocycles. The Kier molecular flexibility index (Phi) is 5.36. The molecule has 0 atom stereocenters. The van der Waals surface area contributed by atoms with Crippen molar-refractivity contribution in [1.82, 2.24) is 10.1 Å². The first-order valence-electron chi connectivity index (χ1n) is 7.13. The molecule has 0 fully saturated rings. The lowest BCUT2D eigenvalue weighted by molar-refractivity contribution is 0.0951. The molecule has 2 aromatic rings. The van der Waals surface area contributed by atoms with Gasteiger partial charge in [-0.25, -0.2) is 13.1 Å². The van der Waals surface area contributed by atoms with E-state index < -0.39 is 10.0 Å². The number of nitrogens with one attached hydrogen (secondary N) is 2. The summed E-state index contributed by atoms with van der Waals surface area (Å²) in [6, 6.07) is 15.2. The summed E-state index contributed by atoms with van der Waals surface area (Å²) in [6.45, 7) is 2.02. The fourth-order valence-electron chi connectivity index (χ4n) is 1.99. The number of sulfonamides is 1. The number of hydrogen-bond acceptors (Lipinski definition) is 4. The summed E-state index contributed by atoms with van der Waals surface area (Å²) in [5.74, 6) is -0.316. The molecule has 122 valence electrons. The number of benzene rings is 2. The van der Waals surface area contributed by atoms with E-state index in [1.807, 2.05) is 30.3 Å². The number of nitrogens with zero attached hydrogens (tertiary/aromatic N) is 1. The first-order chi connectivity index (χ1) is 10.9. The Labute approximate surface area is 136 Å². The Morgan fingerprint density at radius 3 is 2.22 bits per heavy atom. The summed E-state index contributed by atoms with van der Waals surface area (Å²) in [5.41, 5.74) is 3.94. The van der Waals surface area contributed by atoms with Crippen molar-refractivity contribution in [3.8, 4) is 0 Å². The van der Waals surface area contributed by atoms with E-state index in [4.69, 9.17) is 0 Å². The monoisotopic (exact) mass is 333 g/mol. The van der Waals surface area contributed by atoms with Crippen LogP contribution in [0.15, 0.2) is 59.5 Å². The van der Waals surface area contributed by atoms with E-state index in [0.717, 1.165) is 5.69 Å². The van der Waals surface area contributed by atoms with Crippen LogP contribution in [0.2, 0.25) is 0 Å². The lowest BCUT2D eigenvalue weighted by Crippen LogP contribution is -2.39. The fraction of sp³-hybridized carbons (Fsp3) is 0.188. The maximum absolute atomic E-state index is 12.2. The normalized spacial score (nSPS) is 11.0. The summed E-state index contributed by atoms with van der Waals surface area (Å²) < 4.78 is 26.1. The molecule has 0 unspecified atom stereocenters. The van der Waals surface area contributed by atoms with Gasteiger partial charge in [-0.1, -0.05) is 25.1 Å². The van der Waals surface area contributed by atoms with E-state index >= 15 is 0 Å². The van der Waals surface area contributed by atoms with E-state index in [2.05, 4.69) is 10.1 Å². The number of para-hydroxylation sites is 1. The third kappa shape index (κ3) is 4.30. The lowest BCUT2D eigenvalue weighted by atomic mass is 10.2. The van der Waals surface area contributed by atoms with Crippen LogP contribution in [0.1, 0.15) is 17.3 Å². The summed E-state index contributed by atoms with van der Waals surface area (Å²) in [5, 5.41) is 1.60. The number of rotatable bonds is 6. The van der Waals surface area contributed by atoms with Crippen molar-refractivity contribution in [2.24, 2.45) is 0 Å². The van der Waals surface area contributed by atoms with Crippen molar-refractivity contribution in [2.45, 2.75) is 11.8 Å². The zero-order chi connectivity index (χ0) is 16.9. The van der Waals surface area contributed by atoms with Gasteiger partial charge in [0, 0.05) is 19.2 Å². The van der Waals surface area contributed by atoms with Crippen LogP contribution in [0.25, 0.3) is 0 Å². The maximum Gasteiger partial charge on any atom is 0.269 e. The predicted octanol–water partition coefficient (Wildman–Crippen LogP) is 1.77. The Balaban J connectivity index is 2.09. The molecule has 0 spiro atoms. The number of carbonyl (C=O) groups excluding carboxylic acids is 1. The van der Waals surface area contributed by atoms with Crippen LogP contribution in [-0.2, 0) is 10.0 Å². The highest BCUT2D eigenvalue weighted by molar-refractivity contribution is 7.89. The molecule has 7 heteroatoms. The average molecular weight is 333 g/mol. The second-order valence-corrected chi connectivity index (χ2v) is 6.63.